The predicted molar refractivity (Wildman–Crippen MR) is 98.7 cm³/mol. The summed E-state index contributed by atoms with van der Waals surface area (Å²) >= 11 is 0. The number of para-hydroxylation sites is 3. The van der Waals surface area contributed by atoms with Gasteiger partial charge in [0.25, 0.3) is 5.56 Å². The van der Waals surface area contributed by atoms with E-state index >= 15 is 0 Å². The number of fused-ring (bicyclic) bond motifs is 1. The second kappa shape index (κ2) is 6.64. The quantitative estimate of drug-likeness (QED) is 0.594. The van der Waals surface area contributed by atoms with E-state index in [4.69, 9.17) is 0 Å². The molecule has 0 unspecified atom stereocenters. The molecule has 0 atom stereocenters. The number of imidazole rings is 1. The fourth-order valence-electron chi connectivity index (χ4n) is 2.79. The van der Waals surface area contributed by atoms with Crippen LogP contribution in [0.3, 0.4) is 0 Å². The maximum absolute atomic E-state index is 12.5. The van der Waals surface area contributed by atoms with Crippen molar-refractivity contribution in [3.8, 4) is 11.3 Å². The van der Waals surface area contributed by atoms with Crippen molar-refractivity contribution in [3.63, 3.8) is 0 Å². The van der Waals surface area contributed by atoms with Crippen molar-refractivity contribution in [3.05, 3.63) is 77.3 Å². The molecule has 128 valence electrons. The van der Waals surface area contributed by atoms with Crippen LogP contribution < -0.4 is 10.9 Å². The number of nitrogens with zero attached hydrogens (tertiary/aromatic N) is 3. The minimum Gasteiger partial charge on any atom is -0.324 e. The molecule has 0 saturated heterocycles. The van der Waals surface area contributed by atoms with Crippen LogP contribution in [0.25, 0.3) is 22.3 Å². The first kappa shape index (κ1) is 15.8. The van der Waals surface area contributed by atoms with Gasteiger partial charge in [0, 0.05) is 11.6 Å². The molecule has 0 aliphatic rings. The van der Waals surface area contributed by atoms with Crippen LogP contribution in [0.2, 0.25) is 0 Å². The van der Waals surface area contributed by atoms with Crippen LogP contribution in [0.4, 0.5) is 5.69 Å². The van der Waals surface area contributed by atoms with Crippen LogP contribution in [-0.4, -0.2) is 25.7 Å². The Morgan fingerprint density at radius 2 is 1.85 bits per heavy atom. The summed E-state index contributed by atoms with van der Waals surface area (Å²) in [5.41, 5.74) is 3.40. The van der Waals surface area contributed by atoms with Crippen molar-refractivity contribution in [1.29, 1.82) is 0 Å². The summed E-state index contributed by atoms with van der Waals surface area (Å²) in [5, 5.41) is 9.34. The number of amides is 1. The zero-order valence-electron chi connectivity index (χ0n) is 13.7. The molecule has 26 heavy (non-hydrogen) atoms. The molecule has 7 heteroatoms. The molecule has 2 aromatic carbocycles. The highest BCUT2D eigenvalue weighted by atomic mass is 16.2. The highest BCUT2D eigenvalue weighted by Crippen LogP contribution is 2.25. The van der Waals surface area contributed by atoms with E-state index in [1.54, 1.807) is 23.0 Å². The normalized spacial score (nSPS) is 10.8. The maximum atomic E-state index is 12.5. The summed E-state index contributed by atoms with van der Waals surface area (Å²) in [6, 6.07) is 18.0. The highest BCUT2D eigenvalue weighted by molar-refractivity contribution is 5.95. The summed E-state index contributed by atoms with van der Waals surface area (Å²) in [6.07, 6.45) is 1.65. The molecule has 0 aliphatic carbocycles. The molecule has 0 saturated carbocycles. The van der Waals surface area contributed by atoms with E-state index in [0.29, 0.717) is 11.4 Å². The average molecular weight is 345 g/mol. The number of H-pyrrole nitrogens is 1. The minimum atomic E-state index is -0.276. The lowest BCUT2D eigenvalue weighted by Gasteiger charge is -2.11. The minimum absolute atomic E-state index is 0.147. The Bertz CT molecular complexity index is 1130. The van der Waals surface area contributed by atoms with E-state index in [9.17, 15) is 9.59 Å². The lowest BCUT2D eigenvalue weighted by atomic mass is 10.1. The van der Waals surface area contributed by atoms with Gasteiger partial charge < -0.3 is 9.88 Å². The third-order valence-corrected chi connectivity index (χ3v) is 4.00. The Morgan fingerprint density at radius 3 is 2.69 bits per heavy atom. The van der Waals surface area contributed by atoms with Gasteiger partial charge in [0.15, 0.2) is 0 Å². The van der Waals surface area contributed by atoms with Gasteiger partial charge in [-0.1, -0.05) is 30.3 Å². The van der Waals surface area contributed by atoms with Gasteiger partial charge >= 0.3 is 0 Å². The molecule has 2 heterocycles. The van der Waals surface area contributed by atoms with Gasteiger partial charge in [-0.3, -0.25) is 9.59 Å². The topological polar surface area (TPSA) is 92.7 Å². The van der Waals surface area contributed by atoms with Crippen LogP contribution in [0.5, 0.6) is 0 Å². The molecule has 0 bridgehead atoms. The number of anilines is 1. The van der Waals surface area contributed by atoms with Crippen LogP contribution in [0, 0.1) is 0 Å². The number of aromatic amines is 1. The van der Waals surface area contributed by atoms with Gasteiger partial charge in [0.2, 0.25) is 5.91 Å². The Balaban J connectivity index is 1.58. The number of carbonyl (C=O) groups excluding carboxylic acids is 1. The standard InChI is InChI=1S/C19H15N5O2/c25-18-10-9-15(22-23-18)13-5-1-2-6-14(13)21-19(26)11-24-12-20-16-7-3-4-8-17(16)24/h1-10,12H,11H2,(H,21,26)(H,23,25). The smallest absolute Gasteiger partial charge is 0.264 e. The lowest BCUT2D eigenvalue weighted by molar-refractivity contribution is -0.116. The van der Waals surface area contributed by atoms with Crippen LogP contribution in [-0.2, 0) is 11.3 Å². The summed E-state index contributed by atoms with van der Waals surface area (Å²) in [6.45, 7) is 0.147. The Labute approximate surface area is 148 Å². The Kier molecular flexibility index (Phi) is 4.03. The molecule has 0 fully saturated rings. The fraction of sp³-hybridized carbons (Fsp3) is 0.0526. The molecule has 4 aromatic rings. The van der Waals surface area contributed by atoms with Gasteiger partial charge in [-0.05, 0) is 24.3 Å². The largest absolute Gasteiger partial charge is 0.324 e. The number of carbonyl (C=O) groups is 1. The van der Waals surface area contributed by atoms with Crippen molar-refractivity contribution in [1.82, 2.24) is 19.7 Å². The molecule has 0 spiro atoms. The van der Waals surface area contributed by atoms with Gasteiger partial charge in [0.05, 0.1) is 28.7 Å². The summed E-state index contributed by atoms with van der Waals surface area (Å²) in [5.74, 6) is -0.176. The molecular weight excluding hydrogens is 330 g/mol. The first-order chi connectivity index (χ1) is 12.7. The number of benzene rings is 2. The van der Waals surface area contributed by atoms with Crippen molar-refractivity contribution in [2.75, 3.05) is 5.32 Å². The molecule has 1 amide bonds. The second-order valence-electron chi connectivity index (χ2n) is 5.76. The fourth-order valence-corrected chi connectivity index (χ4v) is 2.79. The summed E-state index contributed by atoms with van der Waals surface area (Å²) in [7, 11) is 0. The van der Waals surface area contributed by atoms with Gasteiger partial charge in [-0.25, -0.2) is 10.1 Å². The van der Waals surface area contributed by atoms with E-state index in [2.05, 4.69) is 20.5 Å². The van der Waals surface area contributed by atoms with E-state index in [1.807, 2.05) is 42.5 Å². The third kappa shape index (κ3) is 3.10. The Hall–Kier alpha value is -3.74. The van der Waals surface area contributed by atoms with Crippen molar-refractivity contribution >= 4 is 22.6 Å². The molecule has 2 aromatic heterocycles. The zero-order chi connectivity index (χ0) is 17.9. The molecule has 2 N–H and O–H groups in total. The third-order valence-electron chi connectivity index (χ3n) is 4.00. The van der Waals surface area contributed by atoms with Crippen LogP contribution in [0.15, 0.2) is 71.8 Å². The first-order valence-electron chi connectivity index (χ1n) is 8.05. The van der Waals surface area contributed by atoms with Gasteiger partial charge in [-0.15, -0.1) is 0 Å². The lowest BCUT2D eigenvalue weighted by Crippen LogP contribution is -2.18. The van der Waals surface area contributed by atoms with Crippen molar-refractivity contribution in [2.45, 2.75) is 6.54 Å². The van der Waals surface area contributed by atoms with E-state index in [-0.39, 0.29) is 18.0 Å². The number of aromatic nitrogens is 4. The summed E-state index contributed by atoms with van der Waals surface area (Å²) in [4.78, 5) is 28.0. The molecule has 0 radical (unpaired) electrons. The monoisotopic (exact) mass is 345 g/mol. The first-order valence-corrected chi connectivity index (χ1v) is 8.05. The molecule has 4 rings (SSSR count). The van der Waals surface area contributed by atoms with Crippen LogP contribution >= 0.6 is 0 Å². The van der Waals surface area contributed by atoms with Crippen molar-refractivity contribution in [2.24, 2.45) is 0 Å². The SMILES string of the molecule is O=C(Cn1cnc2ccccc21)Nc1ccccc1-c1ccc(=O)[nH]n1. The van der Waals surface area contributed by atoms with Gasteiger partial charge in [-0.2, -0.15) is 5.10 Å². The van der Waals surface area contributed by atoms with E-state index < -0.39 is 0 Å². The Morgan fingerprint density at radius 1 is 1.04 bits per heavy atom. The number of hydrogen-bond donors (Lipinski definition) is 2. The number of nitrogens with one attached hydrogen (secondary N) is 2. The van der Waals surface area contributed by atoms with Crippen LogP contribution in [0.1, 0.15) is 0 Å². The van der Waals surface area contributed by atoms with Crippen molar-refractivity contribution < 1.29 is 4.79 Å². The number of rotatable bonds is 4. The zero-order valence-corrected chi connectivity index (χ0v) is 13.7. The van der Waals surface area contributed by atoms with E-state index in [1.165, 1.54) is 6.07 Å². The number of hydrogen-bond acceptors (Lipinski definition) is 4. The predicted octanol–water partition coefficient (Wildman–Crippen LogP) is 2.43. The summed E-state index contributed by atoms with van der Waals surface area (Å²) < 4.78 is 1.80. The maximum Gasteiger partial charge on any atom is 0.264 e. The second-order valence-corrected chi connectivity index (χ2v) is 5.76. The highest BCUT2D eigenvalue weighted by Gasteiger charge is 2.11. The van der Waals surface area contributed by atoms with E-state index in [0.717, 1.165) is 16.6 Å². The average Bonchev–Trinajstić information content (AvgIpc) is 3.06. The molecular formula is C19H15N5O2. The molecule has 0 aliphatic heterocycles. The molecule has 7 nitrogen and oxygen atoms in total. The van der Waals surface area contributed by atoms with Gasteiger partial charge in [0.1, 0.15) is 6.54 Å².